The summed E-state index contributed by atoms with van der Waals surface area (Å²) in [5.41, 5.74) is 0. The number of hydrogen-bond acceptors (Lipinski definition) is 3. The van der Waals surface area contributed by atoms with E-state index in [4.69, 9.17) is 16.7 Å². The van der Waals surface area contributed by atoms with Gasteiger partial charge in [0.25, 0.3) is 0 Å². The molecule has 0 amide bonds. The zero-order valence-corrected chi connectivity index (χ0v) is 6.32. The van der Waals surface area contributed by atoms with Crippen molar-refractivity contribution in [2.45, 2.75) is 4.90 Å². The zero-order chi connectivity index (χ0) is 7.78. The Kier molecular flexibility index (Phi) is 1.72. The summed E-state index contributed by atoms with van der Waals surface area (Å²) in [4.78, 5) is -0.186. The van der Waals surface area contributed by atoms with E-state index in [1.165, 1.54) is 6.07 Å². The molecule has 6 heteroatoms. The first-order valence-electron chi connectivity index (χ1n) is 2.27. The minimum Gasteiger partial charge on any atom is -0.451 e. The molecule has 0 radical (unpaired) electrons. The lowest BCUT2D eigenvalue weighted by Crippen LogP contribution is -2.11. The predicted octanol–water partition coefficient (Wildman–Crippen LogP) is 0.580. The number of nitrogens with two attached hydrogens (primary N) is 1. The Morgan fingerprint density at radius 2 is 2.20 bits per heavy atom. The summed E-state index contributed by atoms with van der Waals surface area (Å²) in [6.07, 6.45) is 1.15. The minimum absolute atomic E-state index is 0.186. The SMILES string of the molecule is NS(=O)(=O)c1ccoc1Cl. The van der Waals surface area contributed by atoms with Gasteiger partial charge in [0.2, 0.25) is 15.2 Å². The second-order valence-corrected chi connectivity index (χ2v) is 3.48. The third kappa shape index (κ3) is 1.31. The highest BCUT2D eigenvalue weighted by Gasteiger charge is 2.14. The highest BCUT2D eigenvalue weighted by atomic mass is 35.5. The number of primary sulfonamides is 1. The van der Waals surface area contributed by atoms with Gasteiger partial charge >= 0.3 is 0 Å². The molecule has 0 unspecified atom stereocenters. The predicted molar refractivity (Wildman–Crippen MR) is 35.1 cm³/mol. The molecule has 56 valence electrons. The van der Waals surface area contributed by atoms with Gasteiger partial charge in [0.1, 0.15) is 4.90 Å². The summed E-state index contributed by atoms with van der Waals surface area (Å²) in [6, 6.07) is 1.19. The van der Waals surface area contributed by atoms with Gasteiger partial charge < -0.3 is 4.42 Å². The van der Waals surface area contributed by atoms with Crippen LogP contribution >= 0.6 is 11.6 Å². The summed E-state index contributed by atoms with van der Waals surface area (Å²) in [5, 5.41) is 4.52. The fraction of sp³-hybridized carbons (Fsp3) is 0. The van der Waals surface area contributed by atoms with Gasteiger partial charge in [0.05, 0.1) is 6.26 Å². The van der Waals surface area contributed by atoms with Crippen LogP contribution in [0.1, 0.15) is 0 Å². The summed E-state index contributed by atoms with van der Waals surface area (Å²) >= 11 is 5.30. The van der Waals surface area contributed by atoms with Gasteiger partial charge in [-0.15, -0.1) is 0 Å². The maximum atomic E-state index is 10.5. The van der Waals surface area contributed by atoms with Crippen LogP contribution in [0, 0.1) is 0 Å². The van der Waals surface area contributed by atoms with Crippen LogP contribution in [0.25, 0.3) is 0 Å². The molecule has 1 heterocycles. The highest BCUT2D eigenvalue weighted by molar-refractivity contribution is 7.89. The van der Waals surface area contributed by atoms with Gasteiger partial charge in [-0.05, 0) is 17.7 Å². The van der Waals surface area contributed by atoms with E-state index in [1.807, 2.05) is 0 Å². The van der Waals surface area contributed by atoms with Crippen molar-refractivity contribution in [2.75, 3.05) is 0 Å². The second kappa shape index (κ2) is 2.26. The molecule has 1 rings (SSSR count). The van der Waals surface area contributed by atoms with Crippen LogP contribution < -0.4 is 5.14 Å². The molecule has 0 saturated carbocycles. The standard InChI is InChI=1S/C4H4ClNO3S/c5-4-3(1-2-9-4)10(6,7)8/h1-2H,(H2,6,7,8). The molecular weight excluding hydrogens is 178 g/mol. The van der Waals surface area contributed by atoms with E-state index >= 15 is 0 Å². The average molecular weight is 182 g/mol. The lowest BCUT2D eigenvalue weighted by Gasteiger charge is -1.89. The van der Waals surface area contributed by atoms with Crippen molar-refractivity contribution in [2.24, 2.45) is 5.14 Å². The molecule has 1 aromatic rings. The Balaban J connectivity index is 3.32. The summed E-state index contributed by atoms with van der Waals surface area (Å²) < 4.78 is 25.6. The molecule has 0 bridgehead atoms. The summed E-state index contributed by atoms with van der Waals surface area (Å²) in [5.74, 6) is 0. The Morgan fingerprint density at radius 1 is 1.60 bits per heavy atom. The molecular formula is C4H4ClNO3S. The van der Waals surface area contributed by atoms with E-state index in [0.29, 0.717) is 0 Å². The van der Waals surface area contributed by atoms with Crippen molar-refractivity contribution in [3.05, 3.63) is 17.5 Å². The molecule has 2 N–H and O–H groups in total. The molecule has 0 spiro atoms. The first kappa shape index (κ1) is 7.59. The highest BCUT2D eigenvalue weighted by Crippen LogP contribution is 2.19. The van der Waals surface area contributed by atoms with Crippen molar-refractivity contribution in [1.29, 1.82) is 0 Å². The Morgan fingerprint density at radius 3 is 2.40 bits per heavy atom. The molecule has 4 nitrogen and oxygen atoms in total. The average Bonchev–Trinajstić information content (AvgIpc) is 2.11. The van der Waals surface area contributed by atoms with Gasteiger partial charge in [-0.1, -0.05) is 0 Å². The number of furan rings is 1. The molecule has 10 heavy (non-hydrogen) atoms. The molecule has 0 fully saturated rings. The van der Waals surface area contributed by atoms with Gasteiger partial charge in [-0.3, -0.25) is 0 Å². The van der Waals surface area contributed by atoms with E-state index in [-0.39, 0.29) is 10.1 Å². The van der Waals surface area contributed by atoms with Crippen LogP contribution in [0.5, 0.6) is 0 Å². The van der Waals surface area contributed by atoms with E-state index in [1.54, 1.807) is 0 Å². The van der Waals surface area contributed by atoms with E-state index in [9.17, 15) is 8.42 Å². The maximum Gasteiger partial charge on any atom is 0.242 e. The topological polar surface area (TPSA) is 73.3 Å². The maximum absolute atomic E-state index is 10.5. The first-order chi connectivity index (χ1) is 4.52. The van der Waals surface area contributed by atoms with Crippen molar-refractivity contribution < 1.29 is 12.8 Å². The fourth-order valence-corrected chi connectivity index (χ4v) is 1.44. The first-order valence-corrected chi connectivity index (χ1v) is 4.20. The van der Waals surface area contributed by atoms with E-state index < -0.39 is 10.0 Å². The molecule has 0 atom stereocenters. The molecule has 0 aromatic carbocycles. The number of sulfonamides is 1. The molecule has 0 aliphatic rings. The third-order valence-electron chi connectivity index (χ3n) is 0.891. The van der Waals surface area contributed by atoms with Gasteiger partial charge in [0.15, 0.2) is 0 Å². The van der Waals surface area contributed by atoms with Crippen LogP contribution in [-0.2, 0) is 10.0 Å². The van der Waals surface area contributed by atoms with Crippen molar-refractivity contribution in [3.63, 3.8) is 0 Å². The minimum atomic E-state index is -3.72. The molecule has 0 aliphatic heterocycles. The molecule has 0 saturated heterocycles. The monoisotopic (exact) mass is 181 g/mol. The van der Waals surface area contributed by atoms with E-state index in [0.717, 1.165) is 6.26 Å². The second-order valence-electron chi connectivity index (χ2n) is 1.60. The summed E-state index contributed by atoms with van der Waals surface area (Å²) in [6.45, 7) is 0. The largest absolute Gasteiger partial charge is 0.451 e. The van der Waals surface area contributed by atoms with Gasteiger partial charge in [-0.25, -0.2) is 13.6 Å². The quantitative estimate of drug-likeness (QED) is 0.689. The Hall–Kier alpha value is -0.520. The van der Waals surface area contributed by atoms with Gasteiger partial charge in [-0.2, -0.15) is 0 Å². The van der Waals surface area contributed by atoms with Crippen LogP contribution in [0.15, 0.2) is 21.6 Å². The van der Waals surface area contributed by atoms with Crippen LogP contribution in [-0.4, -0.2) is 8.42 Å². The van der Waals surface area contributed by atoms with Crippen molar-refractivity contribution in [1.82, 2.24) is 0 Å². The van der Waals surface area contributed by atoms with Crippen LogP contribution in [0.3, 0.4) is 0 Å². The smallest absolute Gasteiger partial charge is 0.242 e. The van der Waals surface area contributed by atoms with Gasteiger partial charge in [0, 0.05) is 0 Å². The molecule has 1 aromatic heterocycles. The third-order valence-corrected chi connectivity index (χ3v) is 2.23. The lowest BCUT2D eigenvalue weighted by atomic mass is 10.7. The zero-order valence-electron chi connectivity index (χ0n) is 4.74. The lowest BCUT2D eigenvalue weighted by molar-refractivity contribution is 0.558. The van der Waals surface area contributed by atoms with Crippen LogP contribution in [0.2, 0.25) is 5.22 Å². The normalized spacial score (nSPS) is 11.8. The summed E-state index contributed by atoms with van der Waals surface area (Å²) in [7, 11) is -3.72. The Bertz CT molecular complexity index is 328. The van der Waals surface area contributed by atoms with Crippen molar-refractivity contribution in [3.8, 4) is 0 Å². The molecule has 0 aliphatic carbocycles. The fourth-order valence-electron chi connectivity index (χ4n) is 0.486. The van der Waals surface area contributed by atoms with Crippen molar-refractivity contribution >= 4 is 21.6 Å². The van der Waals surface area contributed by atoms with E-state index in [2.05, 4.69) is 4.42 Å². The number of hydrogen-bond donors (Lipinski definition) is 1. The Labute approximate surface area is 62.6 Å². The van der Waals surface area contributed by atoms with Crippen LogP contribution in [0.4, 0.5) is 0 Å². The number of rotatable bonds is 1. The number of halogens is 1.